The summed E-state index contributed by atoms with van der Waals surface area (Å²) in [6, 6.07) is 1.23. The van der Waals surface area contributed by atoms with Crippen molar-refractivity contribution in [3.63, 3.8) is 0 Å². The van der Waals surface area contributed by atoms with Crippen LogP contribution in [0.4, 0.5) is 4.39 Å². The molecule has 1 fully saturated rings. The van der Waals surface area contributed by atoms with Gasteiger partial charge in [-0.3, -0.25) is 4.79 Å². The van der Waals surface area contributed by atoms with E-state index in [1.807, 2.05) is 13.8 Å². The van der Waals surface area contributed by atoms with Crippen LogP contribution in [0.1, 0.15) is 54.6 Å². The first-order valence-corrected chi connectivity index (χ1v) is 7.50. The van der Waals surface area contributed by atoms with Crippen LogP contribution in [0.5, 0.6) is 0 Å². The maximum Gasteiger partial charge on any atom is 0.341 e. The summed E-state index contributed by atoms with van der Waals surface area (Å²) in [5.74, 6) is -2.03. The molecule has 0 amide bonds. The normalized spacial score (nSPS) is 14.8. The number of aromatic carboxylic acids is 1. The van der Waals surface area contributed by atoms with E-state index in [9.17, 15) is 19.1 Å². The minimum atomic E-state index is -1.31. The van der Waals surface area contributed by atoms with Crippen molar-refractivity contribution in [3.05, 3.63) is 44.5 Å². The zero-order valence-corrected chi connectivity index (χ0v) is 12.9. The molecule has 1 aromatic heterocycles. The van der Waals surface area contributed by atoms with E-state index in [0.717, 1.165) is 18.9 Å². The fraction of sp³-hybridized carbons (Fsp3) is 0.375. The van der Waals surface area contributed by atoms with E-state index < -0.39 is 17.2 Å². The zero-order chi connectivity index (χ0) is 16.2. The van der Waals surface area contributed by atoms with Crippen molar-refractivity contribution in [3.8, 4) is 0 Å². The lowest BCUT2D eigenvalue weighted by Gasteiger charge is -2.17. The van der Waals surface area contributed by atoms with Gasteiger partial charge in [0.1, 0.15) is 11.4 Å². The molecule has 4 nitrogen and oxygen atoms in total. The SMILES string of the molecule is CC(C)c1c(F)cc2c(=O)c(C(=O)O)cn(C3CC3)c2c1Cl. The van der Waals surface area contributed by atoms with Crippen molar-refractivity contribution in [1.29, 1.82) is 0 Å². The number of fused-ring (bicyclic) bond motifs is 1. The lowest BCUT2D eigenvalue weighted by atomic mass is 9.99. The van der Waals surface area contributed by atoms with Crippen molar-refractivity contribution >= 4 is 28.5 Å². The Labute approximate surface area is 131 Å². The Morgan fingerprint density at radius 1 is 1.45 bits per heavy atom. The van der Waals surface area contributed by atoms with E-state index in [1.165, 1.54) is 6.20 Å². The molecule has 0 unspecified atom stereocenters. The number of carboxylic acid groups (broad SMARTS) is 1. The number of aromatic nitrogens is 1. The first kappa shape index (κ1) is 15.0. The second kappa shape index (κ2) is 5.09. The van der Waals surface area contributed by atoms with Gasteiger partial charge in [-0.2, -0.15) is 0 Å². The fourth-order valence-electron chi connectivity index (χ4n) is 2.78. The van der Waals surface area contributed by atoms with Crippen molar-refractivity contribution in [2.75, 3.05) is 0 Å². The maximum atomic E-state index is 14.3. The van der Waals surface area contributed by atoms with Crippen LogP contribution in [0, 0.1) is 5.82 Å². The predicted molar refractivity (Wildman–Crippen MR) is 82.5 cm³/mol. The fourth-order valence-corrected chi connectivity index (χ4v) is 3.29. The Kier molecular flexibility index (Phi) is 3.48. The highest BCUT2D eigenvalue weighted by Crippen LogP contribution is 2.41. The number of hydrogen-bond acceptors (Lipinski definition) is 2. The highest BCUT2D eigenvalue weighted by molar-refractivity contribution is 6.36. The van der Waals surface area contributed by atoms with Gasteiger partial charge in [-0.25, -0.2) is 9.18 Å². The van der Waals surface area contributed by atoms with Crippen LogP contribution in [-0.4, -0.2) is 15.6 Å². The summed E-state index contributed by atoms with van der Waals surface area (Å²) in [6.45, 7) is 3.64. The molecule has 1 aromatic carbocycles. The average molecular weight is 324 g/mol. The summed E-state index contributed by atoms with van der Waals surface area (Å²) in [5.41, 5.74) is -0.266. The van der Waals surface area contributed by atoms with Crippen LogP contribution < -0.4 is 5.43 Å². The molecule has 1 aliphatic rings. The van der Waals surface area contributed by atoms with Crippen LogP contribution in [0.15, 0.2) is 17.1 Å². The van der Waals surface area contributed by atoms with Crippen LogP contribution in [0.2, 0.25) is 5.02 Å². The molecule has 0 saturated heterocycles. The van der Waals surface area contributed by atoms with E-state index in [2.05, 4.69) is 0 Å². The molecule has 1 aliphatic carbocycles. The molecule has 1 heterocycles. The molecule has 3 rings (SSSR count). The number of hydrogen-bond donors (Lipinski definition) is 1. The number of benzene rings is 1. The van der Waals surface area contributed by atoms with Crippen LogP contribution in [0.3, 0.4) is 0 Å². The Bertz CT molecular complexity index is 853. The van der Waals surface area contributed by atoms with Crippen molar-refractivity contribution in [1.82, 2.24) is 4.57 Å². The third kappa shape index (κ3) is 2.20. The minimum absolute atomic E-state index is 0.0266. The van der Waals surface area contributed by atoms with Gasteiger partial charge in [0, 0.05) is 17.8 Å². The molecule has 0 bridgehead atoms. The minimum Gasteiger partial charge on any atom is -0.477 e. The Hall–Kier alpha value is -1.88. The number of nitrogens with zero attached hydrogens (tertiary/aromatic N) is 1. The van der Waals surface area contributed by atoms with Gasteiger partial charge >= 0.3 is 5.97 Å². The van der Waals surface area contributed by atoms with Gasteiger partial charge in [-0.1, -0.05) is 25.4 Å². The summed E-state index contributed by atoms with van der Waals surface area (Å²) >= 11 is 6.38. The first-order chi connectivity index (χ1) is 10.3. The summed E-state index contributed by atoms with van der Waals surface area (Å²) in [6.07, 6.45) is 3.11. The lowest BCUT2D eigenvalue weighted by molar-refractivity contribution is 0.0695. The van der Waals surface area contributed by atoms with E-state index in [4.69, 9.17) is 11.6 Å². The van der Waals surface area contributed by atoms with Gasteiger partial charge in [-0.05, 0) is 24.8 Å². The molecule has 1 N–H and O–H groups in total. The van der Waals surface area contributed by atoms with Crippen molar-refractivity contribution < 1.29 is 14.3 Å². The monoisotopic (exact) mass is 323 g/mol. The summed E-state index contributed by atoms with van der Waals surface area (Å²) < 4.78 is 16.0. The van der Waals surface area contributed by atoms with E-state index in [-0.39, 0.29) is 27.9 Å². The Balaban J connectivity index is 2.49. The number of carboxylic acids is 1. The molecular weight excluding hydrogens is 309 g/mol. The largest absolute Gasteiger partial charge is 0.477 e. The maximum absolute atomic E-state index is 14.3. The summed E-state index contributed by atoms with van der Waals surface area (Å²) in [5, 5.41) is 9.42. The molecule has 0 aliphatic heterocycles. The van der Waals surface area contributed by atoms with Crippen LogP contribution in [0.25, 0.3) is 10.9 Å². The average Bonchev–Trinajstić information content (AvgIpc) is 3.23. The number of rotatable bonds is 3. The third-order valence-corrected chi connectivity index (χ3v) is 4.37. The van der Waals surface area contributed by atoms with Crippen molar-refractivity contribution in [2.45, 2.75) is 38.6 Å². The van der Waals surface area contributed by atoms with Crippen LogP contribution in [-0.2, 0) is 0 Å². The first-order valence-electron chi connectivity index (χ1n) is 7.13. The summed E-state index contributed by atoms with van der Waals surface area (Å²) in [7, 11) is 0. The highest BCUT2D eigenvalue weighted by Gasteiger charge is 2.29. The topological polar surface area (TPSA) is 59.3 Å². The molecule has 116 valence electrons. The van der Waals surface area contributed by atoms with Gasteiger partial charge in [0.2, 0.25) is 5.43 Å². The Morgan fingerprint density at radius 2 is 2.09 bits per heavy atom. The van der Waals surface area contributed by atoms with E-state index >= 15 is 0 Å². The summed E-state index contributed by atoms with van der Waals surface area (Å²) in [4.78, 5) is 23.6. The molecule has 0 radical (unpaired) electrons. The van der Waals surface area contributed by atoms with Gasteiger partial charge in [0.25, 0.3) is 0 Å². The second-order valence-electron chi connectivity index (χ2n) is 5.95. The standard InChI is InChI=1S/C16H15ClFNO3/c1-7(2)12-11(18)5-9-14(13(12)17)19(8-3-4-8)6-10(15(9)20)16(21)22/h5-8H,3-4H2,1-2H3,(H,21,22). The van der Waals surface area contributed by atoms with Gasteiger partial charge in [0.15, 0.2) is 0 Å². The smallest absolute Gasteiger partial charge is 0.341 e. The molecular formula is C16H15ClFNO3. The lowest BCUT2D eigenvalue weighted by Crippen LogP contribution is -2.19. The van der Waals surface area contributed by atoms with Gasteiger partial charge in [0.05, 0.1) is 15.9 Å². The van der Waals surface area contributed by atoms with Gasteiger partial charge in [-0.15, -0.1) is 0 Å². The quantitative estimate of drug-likeness (QED) is 0.930. The van der Waals surface area contributed by atoms with E-state index in [0.29, 0.717) is 11.1 Å². The molecule has 6 heteroatoms. The molecule has 0 atom stereocenters. The molecule has 2 aromatic rings. The molecule has 0 spiro atoms. The highest BCUT2D eigenvalue weighted by atomic mass is 35.5. The third-order valence-electron chi connectivity index (χ3n) is 3.99. The van der Waals surface area contributed by atoms with E-state index in [1.54, 1.807) is 4.57 Å². The van der Waals surface area contributed by atoms with Crippen LogP contribution >= 0.6 is 11.6 Å². The second-order valence-corrected chi connectivity index (χ2v) is 6.33. The van der Waals surface area contributed by atoms with Gasteiger partial charge < -0.3 is 9.67 Å². The zero-order valence-electron chi connectivity index (χ0n) is 12.2. The molecule has 22 heavy (non-hydrogen) atoms. The number of carbonyl (C=O) groups is 1. The predicted octanol–water partition coefficient (Wildman–Crippen LogP) is 3.95. The number of pyridine rings is 1. The number of halogens is 2. The Morgan fingerprint density at radius 3 is 2.59 bits per heavy atom. The molecule has 1 saturated carbocycles. The van der Waals surface area contributed by atoms with Crippen molar-refractivity contribution in [2.24, 2.45) is 0 Å².